The number of hydrogen-bond donors (Lipinski definition) is 3. The highest BCUT2D eigenvalue weighted by Crippen LogP contribution is 2.10. The minimum absolute atomic E-state index is 0.0541. The molecule has 4 N–H and O–H groups in total. The minimum Gasteiger partial charge on any atom is -0.377 e. The number of rotatable bonds is 8. The van der Waals surface area contributed by atoms with Gasteiger partial charge in [-0.05, 0) is 0 Å². The highest BCUT2D eigenvalue weighted by Gasteiger charge is 2.08. The van der Waals surface area contributed by atoms with Crippen LogP contribution in [0.3, 0.4) is 0 Å². The summed E-state index contributed by atoms with van der Waals surface area (Å²) in [5, 5.41) is 2.93. The van der Waals surface area contributed by atoms with E-state index in [2.05, 4.69) is 20.7 Å². The molecule has 0 aliphatic carbocycles. The first-order valence-corrected chi connectivity index (χ1v) is 7.60. The number of nitrogens with one attached hydrogen (secondary N) is 2. The van der Waals surface area contributed by atoms with Gasteiger partial charge in [-0.25, -0.2) is 24.2 Å². The molecule has 1 aromatic rings. The Morgan fingerprint density at radius 3 is 2.63 bits per heavy atom. The fraction of sp³-hybridized carbons (Fsp3) is 0.600. The average molecular weight is 289 g/mol. The van der Waals surface area contributed by atoms with Gasteiger partial charge < -0.3 is 15.5 Å². The molecule has 0 aliphatic heterocycles. The topological polar surface area (TPSA) is 119 Å². The second kappa shape index (κ2) is 7.22. The predicted octanol–water partition coefficient (Wildman–Crippen LogP) is -0.245. The summed E-state index contributed by atoms with van der Waals surface area (Å²) in [5.41, 5.74) is 2.42. The van der Waals surface area contributed by atoms with Gasteiger partial charge >= 0.3 is 0 Å². The molecule has 0 bridgehead atoms. The smallest absolute Gasteiger partial charge is 0.158 e. The van der Waals surface area contributed by atoms with E-state index in [4.69, 9.17) is 10.6 Å². The van der Waals surface area contributed by atoms with Crippen LogP contribution in [0.4, 0.5) is 11.6 Å². The fourth-order valence-electron chi connectivity index (χ4n) is 1.33. The van der Waals surface area contributed by atoms with Crippen molar-refractivity contribution in [1.29, 1.82) is 0 Å². The average Bonchev–Trinajstić information content (AvgIpc) is 2.38. The lowest BCUT2D eigenvalue weighted by atomic mass is 10.5. The van der Waals surface area contributed by atoms with Crippen LogP contribution in [0.25, 0.3) is 0 Å². The van der Waals surface area contributed by atoms with E-state index in [9.17, 15) is 8.42 Å². The van der Waals surface area contributed by atoms with Crippen molar-refractivity contribution in [2.24, 2.45) is 5.84 Å². The third-order valence-electron chi connectivity index (χ3n) is 2.35. The molecule has 0 unspecified atom stereocenters. The molecule has 19 heavy (non-hydrogen) atoms. The van der Waals surface area contributed by atoms with E-state index in [1.807, 2.05) is 0 Å². The van der Waals surface area contributed by atoms with Crippen molar-refractivity contribution in [3.05, 3.63) is 11.9 Å². The quantitative estimate of drug-likeness (QED) is 0.443. The molecule has 0 amide bonds. The fourth-order valence-corrected chi connectivity index (χ4v) is 2.04. The predicted molar refractivity (Wildman–Crippen MR) is 73.4 cm³/mol. The number of ether oxygens (including phenoxy) is 1. The maximum Gasteiger partial charge on any atom is 0.158 e. The van der Waals surface area contributed by atoms with Gasteiger partial charge in [-0.15, -0.1) is 0 Å². The summed E-state index contributed by atoms with van der Waals surface area (Å²) in [4.78, 5) is 8.26. The molecular formula is C10H19N5O3S. The van der Waals surface area contributed by atoms with Crippen LogP contribution in [0.2, 0.25) is 0 Å². The van der Waals surface area contributed by atoms with Crippen LogP contribution in [0.5, 0.6) is 0 Å². The molecule has 0 atom stereocenters. The zero-order valence-corrected chi connectivity index (χ0v) is 11.8. The maximum absolute atomic E-state index is 11.4. The highest BCUT2D eigenvalue weighted by molar-refractivity contribution is 7.91. The summed E-state index contributed by atoms with van der Waals surface area (Å²) in [5.74, 6) is 6.87. The summed E-state index contributed by atoms with van der Waals surface area (Å²) in [6.07, 6.45) is 0. The Hall–Kier alpha value is -1.45. The Balaban J connectivity index is 2.69. The molecule has 9 heteroatoms. The Morgan fingerprint density at radius 1 is 1.37 bits per heavy atom. The van der Waals surface area contributed by atoms with Crippen LogP contribution in [0.1, 0.15) is 12.7 Å². The van der Waals surface area contributed by atoms with E-state index in [1.54, 1.807) is 13.0 Å². The first kappa shape index (κ1) is 15.6. The number of nitrogens with two attached hydrogens (primary N) is 1. The van der Waals surface area contributed by atoms with Gasteiger partial charge in [-0.2, -0.15) is 0 Å². The van der Waals surface area contributed by atoms with E-state index >= 15 is 0 Å². The molecule has 0 aromatic carbocycles. The summed E-state index contributed by atoms with van der Waals surface area (Å²) < 4.78 is 27.7. The number of nitrogens with zero attached hydrogens (tertiary/aromatic N) is 2. The molecule has 108 valence electrons. The van der Waals surface area contributed by atoms with Crippen molar-refractivity contribution < 1.29 is 13.2 Å². The van der Waals surface area contributed by atoms with E-state index in [0.29, 0.717) is 17.5 Å². The largest absolute Gasteiger partial charge is 0.377 e. The van der Waals surface area contributed by atoms with Gasteiger partial charge in [0.1, 0.15) is 18.2 Å². The van der Waals surface area contributed by atoms with Gasteiger partial charge in [0.05, 0.1) is 5.75 Å². The lowest BCUT2D eigenvalue weighted by Crippen LogP contribution is -2.18. The number of anilines is 2. The van der Waals surface area contributed by atoms with Crippen LogP contribution in [0, 0.1) is 0 Å². The van der Waals surface area contributed by atoms with Crippen molar-refractivity contribution in [3.8, 4) is 0 Å². The Bertz CT molecular complexity index is 506. The standard InChI is InChI=1S/C10H19N5O3S/c1-3-19(16,17)5-4-12-8-6-9(15-11)14-10(13-8)7-18-2/h6H,3-5,7,11H2,1-2H3,(H2,12,13,14,15). The number of aromatic nitrogens is 2. The van der Waals surface area contributed by atoms with Crippen LogP contribution >= 0.6 is 0 Å². The normalized spacial score (nSPS) is 11.3. The lowest BCUT2D eigenvalue weighted by molar-refractivity contribution is 0.178. The van der Waals surface area contributed by atoms with Gasteiger partial charge in [0.2, 0.25) is 0 Å². The van der Waals surface area contributed by atoms with Gasteiger partial charge in [0.25, 0.3) is 0 Å². The van der Waals surface area contributed by atoms with Crippen molar-refractivity contribution in [1.82, 2.24) is 9.97 Å². The number of nitrogen functional groups attached to an aromatic ring is 1. The van der Waals surface area contributed by atoms with E-state index in [1.165, 1.54) is 7.11 Å². The third kappa shape index (κ3) is 5.37. The molecule has 0 saturated carbocycles. The Labute approximate surface area is 112 Å². The van der Waals surface area contributed by atoms with Crippen molar-refractivity contribution in [2.75, 3.05) is 35.9 Å². The van der Waals surface area contributed by atoms with Crippen molar-refractivity contribution in [3.63, 3.8) is 0 Å². The molecule has 0 spiro atoms. The van der Waals surface area contributed by atoms with Gasteiger partial charge in [0, 0.05) is 25.5 Å². The Morgan fingerprint density at radius 2 is 2.05 bits per heavy atom. The van der Waals surface area contributed by atoms with Crippen LogP contribution < -0.4 is 16.6 Å². The monoisotopic (exact) mass is 289 g/mol. The molecule has 1 aromatic heterocycles. The third-order valence-corrected chi connectivity index (χ3v) is 4.06. The maximum atomic E-state index is 11.4. The van der Waals surface area contributed by atoms with E-state index in [0.717, 1.165) is 0 Å². The van der Waals surface area contributed by atoms with Gasteiger partial charge in [-0.3, -0.25) is 0 Å². The van der Waals surface area contributed by atoms with Gasteiger partial charge in [0.15, 0.2) is 15.7 Å². The van der Waals surface area contributed by atoms with Crippen LogP contribution in [0.15, 0.2) is 6.07 Å². The minimum atomic E-state index is -3.00. The molecule has 0 radical (unpaired) electrons. The first-order chi connectivity index (χ1) is 9.00. The van der Waals surface area contributed by atoms with Crippen LogP contribution in [-0.2, 0) is 21.2 Å². The molecule has 0 fully saturated rings. The first-order valence-electron chi connectivity index (χ1n) is 5.78. The zero-order chi connectivity index (χ0) is 14.3. The number of sulfone groups is 1. The second-order valence-corrected chi connectivity index (χ2v) is 6.27. The summed E-state index contributed by atoms with van der Waals surface area (Å²) in [7, 11) is -1.46. The molecular weight excluding hydrogens is 270 g/mol. The van der Waals surface area contributed by atoms with E-state index < -0.39 is 9.84 Å². The summed E-state index contributed by atoms with van der Waals surface area (Å²) in [6.45, 7) is 2.15. The molecule has 1 heterocycles. The highest BCUT2D eigenvalue weighted by atomic mass is 32.2. The van der Waals surface area contributed by atoms with E-state index in [-0.39, 0.29) is 24.7 Å². The molecule has 0 saturated heterocycles. The molecule has 1 rings (SSSR count). The van der Waals surface area contributed by atoms with Crippen molar-refractivity contribution in [2.45, 2.75) is 13.5 Å². The number of methoxy groups -OCH3 is 1. The molecule has 0 aliphatic rings. The summed E-state index contributed by atoms with van der Waals surface area (Å²) in [6, 6.07) is 1.59. The summed E-state index contributed by atoms with van der Waals surface area (Å²) >= 11 is 0. The lowest BCUT2D eigenvalue weighted by Gasteiger charge is -2.09. The molecule has 8 nitrogen and oxygen atoms in total. The Kier molecular flexibility index (Phi) is 5.93. The van der Waals surface area contributed by atoms with Crippen molar-refractivity contribution >= 4 is 21.5 Å². The SMILES string of the molecule is CCS(=O)(=O)CCNc1cc(NN)nc(COC)n1. The van der Waals surface area contributed by atoms with Crippen LogP contribution in [-0.4, -0.2) is 43.5 Å². The zero-order valence-electron chi connectivity index (χ0n) is 11.0. The van der Waals surface area contributed by atoms with Gasteiger partial charge in [-0.1, -0.05) is 6.92 Å². The number of hydrazine groups is 1. The number of hydrogen-bond acceptors (Lipinski definition) is 8. The second-order valence-electron chi connectivity index (χ2n) is 3.80.